The Morgan fingerprint density at radius 3 is 2.27 bits per heavy atom. The highest BCUT2D eigenvalue weighted by molar-refractivity contribution is 7.90. The number of nitrogens with two attached hydrogens (primary N) is 1. The number of fused-ring (bicyclic) bond motifs is 1. The molecule has 3 N–H and O–H groups in total. The molecule has 0 spiro atoms. The third-order valence-electron chi connectivity index (χ3n) is 4.44. The second-order valence-corrected chi connectivity index (χ2v) is 7.86. The van der Waals surface area contributed by atoms with Crippen molar-refractivity contribution in [1.82, 2.24) is 9.78 Å². The molecule has 0 saturated heterocycles. The van der Waals surface area contributed by atoms with Crippen LogP contribution in [0.1, 0.15) is 5.56 Å². The molecule has 154 valence electrons. The van der Waals surface area contributed by atoms with Crippen molar-refractivity contribution in [3.63, 3.8) is 0 Å². The lowest BCUT2D eigenvalue weighted by Gasteiger charge is -2.12. The quantitative estimate of drug-likeness (QED) is 0.495. The second kappa shape index (κ2) is 8.66. The number of hydrogen-bond donors (Lipinski definition) is 2. The van der Waals surface area contributed by atoms with E-state index in [1.807, 2.05) is 42.5 Å². The van der Waals surface area contributed by atoms with Gasteiger partial charge < -0.3 is 0 Å². The summed E-state index contributed by atoms with van der Waals surface area (Å²) < 4.78 is 26.4. The zero-order valence-electron chi connectivity index (χ0n) is 15.7. The van der Waals surface area contributed by atoms with Gasteiger partial charge >= 0.3 is 0 Å². The first kappa shape index (κ1) is 21.5. The first-order valence-electron chi connectivity index (χ1n) is 8.85. The van der Waals surface area contributed by atoms with Gasteiger partial charge in [0.2, 0.25) is 0 Å². The maximum absolute atomic E-state index is 13.0. The van der Waals surface area contributed by atoms with Crippen LogP contribution < -0.4 is 15.4 Å². The Morgan fingerprint density at radius 1 is 0.900 bits per heavy atom. The summed E-state index contributed by atoms with van der Waals surface area (Å²) in [6, 6.07) is 23.5. The van der Waals surface area contributed by atoms with E-state index in [2.05, 4.69) is 9.82 Å². The zero-order chi connectivity index (χ0) is 20.4. The summed E-state index contributed by atoms with van der Waals surface area (Å²) >= 11 is 0. The van der Waals surface area contributed by atoms with Crippen molar-refractivity contribution < 1.29 is 8.42 Å². The molecule has 0 amide bonds. The van der Waals surface area contributed by atoms with Crippen LogP contribution in [0.15, 0.2) is 83.7 Å². The van der Waals surface area contributed by atoms with Gasteiger partial charge in [-0.25, -0.2) is 9.82 Å². The van der Waals surface area contributed by atoms with Gasteiger partial charge in [0.05, 0.1) is 23.3 Å². The molecule has 0 bridgehead atoms. The smallest absolute Gasteiger partial charge is 0.271 e. The third-order valence-corrected chi connectivity index (χ3v) is 4.96. The molecule has 0 atom stereocenters. The number of rotatable bonds is 5. The maximum Gasteiger partial charge on any atom is 0.296 e. The fraction of sp³-hybridized carbons (Fsp3) is 0.0476. The molecule has 4 rings (SSSR count). The SMILES string of the molecule is Cl.NS(=O)(=O)Nc1cccc(-c2nn(Cc3ccccc3)c(=O)c3ccccc23)c1. The van der Waals surface area contributed by atoms with Gasteiger partial charge in [0.15, 0.2) is 0 Å². The van der Waals surface area contributed by atoms with E-state index < -0.39 is 10.2 Å². The first-order valence-corrected chi connectivity index (χ1v) is 10.4. The van der Waals surface area contributed by atoms with Crippen molar-refractivity contribution in [3.8, 4) is 11.3 Å². The van der Waals surface area contributed by atoms with Crippen LogP contribution in [0.2, 0.25) is 0 Å². The van der Waals surface area contributed by atoms with Crippen LogP contribution in [0.5, 0.6) is 0 Å². The van der Waals surface area contributed by atoms with Crippen LogP contribution in [-0.2, 0) is 16.8 Å². The van der Waals surface area contributed by atoms with Gasteiger partial charge in [-0.15, -0.1) is 12.4 Å². The number of anilines is 1. The lowest BCUT2D eigenvalue weighted by atomic mass is 10.0. The molecule has 30 heavy (non-hydrogen) atoms. The third kappa shape index (κ3) is 4.68. The Kier molecular flexibility index (Phi) is 6.21. The molecular formula is C21H19ClN4O3S. The predicted molar refractivity (Wildman–Crippen MR) is 121 cm³/mol. The fourth-order valence-electron chi connectivity index (χ4n) is 3.21. The summed E-state index contributed by atoms with van der Waals surface area (Å²) in [7, 11) is -3.90. The topological polar surface area (TPSA) is 107 Å². The minimum Gasteiger partial charge on any atom is -0.271 e. The van der Waals surface area contributed by atoms with Crippen LogP contribution in [-0.4, -0.2) is 18.2 Å². The molecule has 4 aromatic rings. The van der Waals surface area contributed by atoms with Gasteiger partial charge in [-0.2, -0.15) is 13.5 Å². The second-order valence-electron chi connectivity index (χ2n) is 6.57. The summed E-state index contributed by atoms with van der Waals surface area (Å²) in [4.78, 5) is 13.0. The van der Waals surface area contributed by atoms with Gasteiger partial charge in [0.25, 0.3) is 15.8 Å². The van der Waals surface area contributed by atoms with E-state index in [1.165, 1.54) is 4.68 Å². The molecule has 9 heteroatoms. The van der Waals surface area contributed by atoms with Gasteiger partial charge in [0, 0.05) is 10.9 Å². The molecule has 0 aliphatic carbocycles. The molecule has 0 aliphatic rings. The van der Waals surface area contributed by atoms with Gasteiger partial charge in [-0.3, -0.25) is 9.52 Å². The monoisotopic (exact) mass is 442 g/mol. The van der Waals surface area contributed by atoms with Crippen LogP contribution in [0.25, 0.3) is 22.0 Å². The standard InChI is InChI=1S/C21H18N4O3S.ClH/c22-29(27,28)24-17-10-6-9-16(13-17)20-18-11-4-5-12-19(18)21(26)25(23-20)14-15-7-2-1-3-8-15;/h1-13,24H,14H2,(H2,22,27,28);1H. The normalized spacial score (nSPS) is 11.1. The van der Waals surface area contributed by atoms with Crippen LogP contribution in [0.4, 0.5) is 5.69 Å². The summed E-state index contributed by atoms with van der Waals surface area (Å²) in [5.41, 5.74) is 2.32. The summed E-state index contributed by atoms with van der Waals surface area (Å²) in [6.07, 6.45) is 0. The average Bonchev–Trinajstić information content (AvgIpc) is 2.70. The van der Waals surface area contributed by atoms with Crippen molar-refractivity contribution in [2.75, 3.05) is 4.72 Å². The minimum atomic E-state index is -3.90. The highest BCUT2D eigenvalue weighted by Gasteiger charge is 2.13. The number of aromatic nitrogens is 2. The number of nitrogens with zero attached hydrogens (tertiary/aromatic N) is 2. The van der Waals surface area contributed by atoms with E-state index in [9.17, 15) is 13.2 Å². The number of benzene rings is 3. The van der Waals surface area contributed by atoms with Gasteiger partial charge in [-0.05, 0) is 23.8 Å². The lowest BCUT2D eigenvalue weighted by Crippen LogP contribution is -2.24. The van der Waals surface area contributed by atoms with Crippen LogP contribution >= 0.6 is 12.4 Å². The number of nitrogens with one attached hydrogen (secondary N) is 1. The van der Waals surface area contributed by atoms with Crippen molar-refractivity contribution in [3.05, 3.63) is 94.8 Å². The fourth-order valence-corrected chi connectivity index (χ4v) is 3.66. The van der Waals surface area contributed by atoms with E-state index in [-0.39, 0.29) is 18.0 Å². The molecule has 0 fully saturated rings. The highest BCUT2D eigenvalue weighted by Crippen LogP contribution is 2.27. The van der Waals surface area contributed by atoms with E-state index in [4.69, 9.17) is 5.14 Å². The Labute approximate surface area is 179 Å². The van der Waals surface area contributed by atoms with Crippen molar-refractivity contribution in [1.29, 1.82) is 0 Å². The largest absolute Gasteiger partial charge is 0.296 e. The highest BCUT2D eigenvalue weighted by atomic mass is 35.5. The van der Waals surface area contributed by atoms with Crippen molar-refractivity contribution in [2.45, 2.75) is 6.54 Å². The Bertz CT molecular complexity index is 1360. The van der Waals surface area contributed by atoms with E-state index in [0.717, 1.165) is 5.56 Å². The molecule has 1 aromatic heterocycles. The zero-order valence-corrected chi connectivity index (χ0v) is 17.4. The minimum absolute atomic E-state index is 0. The molecule has 0 radical (unpaired) electrons. The molecule has 0 aliphatic heterocycles. The first-order chi connectivity index (χ1) is 13.9. The van der Waals surface area contributed by atoms with Crippen molar-refractivity contribution >= 4 is 39.1 Å². The van der Waals surface area contributed by atoms with Gasteiger partial charge in [-0.1, -0.05) is 60.7 Å². The maximum atomic E-state index is 13.0. The summed E-state index contributed by atoms with van der Waals surface area (Å²) in [5, 5.41) is 10.9. The average molecular weight is 443 g/mol. The van der Waals surface area contributed by atoms with Crippen molar-refractivity contribution in [2.24, 2.45) is 5.14 Å². The Morgan fingerprint density at radius 2 is 1.57 bits per heavy atom. The lowest BCUT2D eigenvalue weighted by molar-refractivity contribution is 0.603. The van der Waals surface area contributed by atoms with E-state index in [0.29, 0.717) is 34.3 Å². The molecule has 0 saturated carbocycles. The predicted octanol–water partition coefficient (Wildman–Crippen LogP) is 3.15. The summed E-state index contributed by atoms with van der Waals surface area (Å²) in [5.74, 6) is 0. The number of hydrogen-bond acceptors (Lipinski definition) is 4. The Hall–Kier alpha value is -3.20. The Balaban J connectivity index is 0.00000256. The van der Waals surface area contributed by atoms with Crippen LogP contribution in [0, 0.1) is 0 Å². The summed E-state index contributed by atoms with van der Waals surface area (Å²) in [6.45, 7) is 0.326. The molecule has 3 aromatic carbocycles. The molecule has 1 heterocycles. The molecule has 0 unspecified atom stereocenters. The van der Waals surface area contributed by atoms with E-state index in [1.54, 1.807) is 36.4 Å². The molecule has 7 nitrogen and oxygen atoms in total. The van der Waals surface area contributed by atoms with Gasteiger partial charge in [0.1, 0.15) is 0 Å². The molecular weight excluding hydrogens is 424 g/mol. The number of halogens is 1. The van der Waals surface area contributed by atoms with Crippen LogP contribution in [0.3, 0.4) is 0 Å². The van der Waals surface area contributed by atoms with E-state index >= 15 is 0 Å².